The second kappa shape index (κ2) is 8.34. The smallest absolute Gasteiger partial charge is 0.331 e. The highest BCUT2D eigenvalue weighted by atomic mass is 16.6. The molecule has 0 amide bonds. The molecular formula is C21H22O5. The highest BCUT2D eigenvalue weighted by Gasteiger charge is 2.32. The van der Waals surface area contributed by atoms with Crippen molar-refractivity contribution in [3.8, 4) is 11.5 Å². The van der Waals surface area contributed by atoms with Crippen molar-refractivity contribution in [3.63, 3.8) is 0 Å². The Kier molecular flexibility index (Phi) is 6.17. The number of rotatable bonds is 7. The summed E-state index contributed by atoms with van der Waals surface area (Å²) in [6, 6.07) is 13.9. The second-order valence-corrected chi connectivity index (χ2v) is 6.10. The van der Waals surface area contributed by atoms with E-state index in [0.717, 1.165) is 11.3 Å². The molecule has 0 aromatic heterocycles. The average Bonchev–Trinajstić information content (AvgIpc) is 2.66. The van der Waals surface area contributed by atoms with E-state index in [0.29, 0.717) is 11.3 Å². The summed E-state index contributed by atoms with van der Waals surface area (Å²) in [7, 11) is 3.14. The Morgan fingerprint density at radius 2 is 1.35 bits per heavy atom. The lowest BCUT2D eigenvalue weighted by molar-refractivity contribution is -0.146. The van der Waals surface area contributed by atoms with Crippen molar-refractivity contribution < 1.29 is 23.8 Å². The minimum Gasteiger partial charge on any atom is -0.497 e. The van der Waals surface area contributed by atoms with Gasteiger partial charge in [-0.3, -0.25) is 4.79 Å². The van der Waals surface area contributed by atoms with Crippen LogP contribution in [0.4, 0.5) is 0 Å². The maximum Gasteiger partial charge on any atom is 0.331 e. The van der Waals surface area contributed by atoms with E-state index in [2.05, 4.69) is 0 Å². The number of hydrogen-bond donors (Lipinski definition) is 0. The van der Waals surface area contributed by atoms with Crippen LogP contribution in [0.2, 0.25) is 0 Å². The Morgan fingerprint density at radius 3 is 1.85 bits per heavy atom. The van der Waals surface area contributed by atoms with Gasteiger partial charge < -0.3 is 14.2 Å². The topological polar surface area (TPSA) is 61.8 Å². The quantitative estimate of drug-likeness (QED) is 0.428. The molecule has 0 atom stereocenters. The zero-order valence-corrected chi connectivity index (χ0v) is 15.3. The lowest BCUT2D eigenvalue weighted by Gasteiger charge is -2.23. The van der Waals surface area contributed by atoms with Crippen molar-refractivity contribution in [2.75, 3.05) is 14.2 Å². The van der Waals surface area contributed by atoms with Crippen LogP contribution in [0.1, 0.15) is 29.8 Å². The fraction of sp³-hybridized carbons (Fsp3) is 0.238. The van der Waals surface area contributed by atoms with E-state index in [9.17, 15) is 9.59 Å². The highest BCUT2D eigenvalue weighted by Crippen LogP contribution is 2.20. The van der Waals surface area contributed by atoms with E-state index in [1.165, 1.54) is 6.08 Å². The SMILES string of the molecule is COc1ccc(/C=C/C(=O)OC(C)(C)C(=O)c2ccc(OC)cc2)cc1. The van der Waals surface area contributed by atoms with E-state index in [1.54, 1.807) is 70.5 Å². The van der Waals surface area contributed by atoms with Gasteiger partial charge in [-0.2, -0.15) is 0 Å². The molecule has 0 spiro atoms. The molecule has 5 heteroatoms. The number of carbonyl (C=O) groups excluding carboxylic acids is 2. The van der Waals surface area contributed by atoms with Crippen LogP contribution >= 0.6 is 0 Å². The second-order valence-electron chi connectivity index (χ2n) is 6.10. The van der Waals surface area contributed by atoms with Gasteiger partial charge in [0, 0.05) is 11.6 Å². The fourth-order valence-electron chi connectivity index (χ4n) is 2.30. The first-order chi connectivity index (χ1) is 12.4. The zero-order chi connectivity index (χ0) is 19.2. The molecule has 0 fully saturated rings. The van der Waals surface area contributed by atoms with Crippen LogP contribution in [0.25, 0.3) is 6.08 Å². The molecule has 2 rings (SSSR count). The molecule has 5 nitrogen and oxygen atoms in total. The van der Waals surface area contributed by atoms with E-state index in [1.807, 2.05) is 12.1 Å². The summed E-state index contributed by atoms with van der Waals surface area (Å²) in [4.78, 5) is 24.7. The largest absolute Gasteiger partial charge is 0.497 e. The predicted octanol–water partition coefficient (Wildman–Crippen LogP) is 3.92. The van der Waals surface area contributed by atoms with Gasteiger partial charge in [-0.15, -0.1) is 0 Å². The van der Waals surface area contributed by atoms with Crippen molar-refractivity contribution in [1.82, 2.24) is 0 Å². The van der Waals surface area contributed by atoms with Crippen LogP contribution in [0.15, 0.2) is 54.6 Å². The molecule has 0 bridgehead atoms. The normalized spacial score (nSPS) is 11.2. The Bertz CT molecular complexity index is 786. The first kappa shape index (κ1) is 19.2. The fourth-order valence-corrected chi connectivity index (χ4v) is 2.30. The van der Waals surface area contributed by atoms with Crippen molar-refractivity contribution in [2.45, 2.75) is 19.4 Å². The Hall–Kier alpha value is -3.08. The van der Waals surface area contributed by atoms with Crippen LogP contribution in [-0.2, 0) is 9.53 Å². The number of Topliss-reactive ketones (excluding diaryl/α,β-unsaturated/α-hetero) is 1. The van der Waals surface area contributed by atoms with Crippen molar-refractivity contribution in [1.29, 1.82) is 0 Å². The van der Waals surface area contributed by atoms with Gasteiger partial charge in [0.1, 0.15) is 11.5 Å². The molecule has 26 heavy (non-hydrogen) atoms. The maximum atomic E-state index is 12.6. The molecule has 0 aliphatic heterocycles. The molecule has 0 saturated carbocycles. The van der Waals surface area contributed by atoms with E-state index in [-0.39, 0.29) is 5.78 Å². The number of benzene rings is 2. The van der Waals surface area contributed by atoms with Gasteiger partial charge in [-0.05, 0) is 61.9 Å². The van der Waals surface area contributed by atoms with E-state index in [4.69, 9.17) is 14.2 Å². The molecule has 136 valence electrons. The molecule has 0 N–H and O–H groups in total. The van der Waals surface area contributed by atoms with Gasteiger partial charge in [-0.25, -0.2) is 4.79 Å². The summed E-state index contributed by atoms with van der Waals surface area (Å²) in [5, 5.41) is 0. The third-order valence-corrected chi connectivity index (χ3v) is 3.78. The van der Waals surface area contributed by atoms with Crippen LogP contribution in [-0.4, -0.2) is 31.6 Å². The first-order valence-corrected chi connectivity index (χ1v) is 8.09. The van der Waals surface area contributed by atoms with Gasteiger partial charge in [-0.1, -0.05) is 12.1 Å². The van der Waals surface area contributed by atoms with Gasteiger partial charge in [0.05, 0.1) is 14.2 Å². The Morgan fingerprint density at radius 1 is 0.846 bits per heavy atom. The van der Waals surface area contributed by atoms with Gasteiger partial charge >= 0.3 is 5.97 Å². The minimum atomic E-state index is -1.28. The van der Waals surface area contributed by atoms with Gasteiger partial charge in [0.2, 0.25) is 5.78 Å². The summed E-state index contributed by atoms with van der Waals surface area (Å²) < 4.78 is 15.5. The summed E-state index contributed by atoms with van der Waals surface area (Å²) in [5.41, 5.74) is -0.0135. The van der Waals surface area contributed by atoms with Crippen molar-refractivity contribution in [3.05, 3.63) is 65.7 Å². The maximum absolute atomic E-state index is 12.6. The molecular weight excluding hydrogens is 332 g/mol. The third kappa shape index (κ3) is 4.96. The summed E-state index contributed by atoms with van der Waals surface area (Å²) in [5.74, 6) is 0.508. The first-order valence-electron chi connectivity index (χ1n) is 8.09. The highest BCUT2D eigenvalue weighted by molar-refractivity contribution is 6.03. The zero-order valence-electron chi connectivity index (χ0n) is 15.3. The van der Waals surface area contributed by atoms with Crippen LogP contribution in [0.3, 0.4) is 0 Å². The van der Waals surface area contributed by atoms with Crippen molar-refractivity contribution in [2.24, 2.45) is 0 Å². The van der Waals surface area contributed by atoms with Crippen molar-refractivity contribution >= 4 is 17.8 Å². The number of hydrogen-bond acceptors (Lipinski definition) is 5. The minimum absolute atomic E-state index is 0.286. The lowest BCUT2D eigenvalue weighted by atomic mass is 9.96. The van der Waals surface area contributed by atoms with Gasteiger partial charge in [0.15, 0.2) is 5.60 Å². The lowest BCUT2D eigenvalue weighted by Crippen LogP contribution is -2.36. The molecule has 0 heterocycles. The number of carbonyl (C=O) groups is 2. The van der Waals surface area contributed by atoms with Gasteiger partial charge in [0.25, 0.3) is 0 Å². The third-order valence-electron chi connectivity index (χ3n) is 3.78. The monoisotopic (exact) mass is 354 g/mol. The molecule has 2 aromatic rings. The molecule has 0 aliphatic rings. The van der Waals surface area contributed by atoms with E-state index >= 15 is 0 Å². The molecule has 0 unspecified atom stereocenters. The Balaban J connectivity index is 2.02. The average molecular weight is 354 g/mol. The van der Waals surface area contributed by atoms with Crippen LogP contribution < -0.4 is 9.47 Å². The van der Waals surface area contributed by atoms with E-state index < -0.39 is 11.6 Å². The summed E-state index contributed by atoms with van der Waals surface area (Å²) in [6.45, 7) is 3.14. The predicted molar refractivity (Wildman–Crippen MR) is 99.5 cm³/mol. The molecule has 0 aliphatic carbocycles. The van der Waals surface area contributed by atoms with Crippen LogP contribution in [0, 0.1) is 0 Å². The molecule has 2 aromatic carbocycles. The number of methoxy groups -OCH3 is 2. The van der Waals surface area contributed by atoms with Crippen LogP contribution in [0.5, 0.6) is 11.5 Å². The number of ether oxygens (including phenoxy) is 3. The number of esters is 1. The number of ketones is 1. The standard InChI is InChI=1S/C21H22O5/c1-21(2,20(23)16-8-12-18(25-4)13-9-16)26-19(22)14-7-15-5-10-17(24-3)11-6-15/h5-14H,1-4H3/b14-7+. The summed E-state index contributed by atoms with van der Waals surface area (Å²) in [6.07, 6.45) is 2.92. The molecule has 0 saturated heterocycles. The Labute approximate surface area is 153 Å². The summed E-state index contributed by atoms with van der Waals surface area (Å²) >= 11 is 0. The molecule has 0 radical (unpaired) electrons.